The topological polar surface area (TPSA) is 78.3 Å². The van der Waals surface area contributed by atoms with Gasteiger partial charge in [-0.1, -0.05) is 16.9 Å². The first-order valence-corrected chi connectivity index (χ1v) is 8.39. The Bertz CT molecular complexity index is 1040. The second-order valence-electron chi connectivity index (χ2n) is 5.41. The van der Waals surface area contributed by atoms with Crippen LogP contribution in [0.3, 0.4) is 0 Å². The van der Waals surface area contributed by atoms with Gasteiger partial charge in [0.15, 0.2) is 16.6 Å². The molecule has 122 valence electrons. The number of methoxy groups -OCH3 is 1. The van der Waals surface area contributed by atoms with Crippen molar-refractivity contribution in [3.05, 3.63) is 41.5 Å². The van der Waals surface area contributed by atoms with Crippen LogP contribution in [0, 0.1) is 13.8 Å². The monoisotopic (exact) mass is 341 g/mol. The van der Waals surface area contributed by atoms with E-state index in [0.717, 1.165) is 33.0 Å². The molecule has 0 unspecified atom stereocenters. The van der Waals surface area contributed by atoms with E-state index < -0.39 is 0 Å². The van der Waals surface area contributed by atoms with Gasteiger partial charge in [0.05, 0.1) is 18.4 Å². The number of aromatic nitrogens is 5. The number of nitrogens with zero attached hydrogens (tertiary/aromatic N) is 5. The highest BCUT2D eigenvalue weighted by atomic mass is 32.2. The third kappa shape index (κ3) is 2.48. The Balaban J connectivity index is 1.82. The van der Waals surface area contributed by atoms with Crippen molar-refractivity contribution < 1.29 is 9.26 Å². The van der Waals surface area contributed by atoms with Crippen LogP contribution >= 0.6 is 11.8 Å². The third-order valence-electron chi connectivity index (χ3n) is 3.77. The molecule has 0 saturated heterocycles. The fourth-order valence-corrected chi connectivity index (χ4v) is 3.44. The van der Waals surface area contributed by atoms with Crippen LogP contribution in [0.2, 0.25) is 0 Å². The van der Waals surface area contributed by atoms with Crippen LogP contribution in [-0.2, 0) is 5.75 Å². The zero-order valence-electron chi connectivity index (χ0n) is 13.5. The lowest BCUT2D eigenvalue weighted by Gasteiger charge is -2.09. The molecule has 0 atom stereocenters. The zero-order valence-corrected chi connectivity index (χ0v) is 14.3. The number of ether oxygens (including phenoxy) is 1. The number of rotatable bonds is 4. The Morgan fingerprint density at radius 3 is 2.83 bits per heavy atom. The van der Waals surface area contributed by atoms with Gasteiger partial charge in [-0.2, -0.15) is 4.98 Å². The molecule has 1 aromatic carbocycles. The number of hydrogen-bond acceptors (Lipinski definition) is 7. The summed E-state index contributed by atoms with van der Waals surface area (Å²) in [6, 6.07) is 8.04. The highest BCUT2D eigenvalue weighted by Gasteiger charge is 2.14. The van der Waals surface area contributed by atoms with Crippen molar-refractivity contribution >= 4 is 28.3 Å². The van der Waals surface area contributed by atoms with Crippen molar-refractivity contribution in [2.75, 3.05) is 7.11 Å². The molecule has 0 fully saturated rings. The van der Waals surface area contributed by atoms with E-state index in [2.05, 4.69) is 33.3 Å². The molecule has 24 heavy (non-hydrogen) atoms. The minimum atomic E-state index is 0.543. The quantitative estimate of drug-likeness (QED) is 0.527. The van der Waals surface area contributed by atoms with Crippen LogP contribution in [0.1, 0.15) is 17.3 Å². The molecule has 7 nitrogen and oxygen atoms in total. The Kier molecular flexibility index (Phi) is 3.61. The van der Waals surface area contributed by atoms with Gasteiger partial charge in [-0.3, -0.25) is 4.40 Å². The molecule has 0 bridgehead atoms. The molecule has 0 aliphatic rings. The highest BCUT2D eigenvalue weighted by molar-refractivity contribution is 7.98. The zero-order chi connectivity index (χ0) is 16.7. The number of benzene rings is 1. The number of pyridine rings is 1. The molecule has 4 rings (SSSR count). The predicted octanol–water partition coefficient (Wildman–Crippen LogP) is 3.18. The van der Waals surface area contributed by atoms with Gasteiger partial charge in [-0.15, -0.1) is 10.2 Å². The highest BCUT2D eigenvalue weighted by Crippen LogP contribution is 2.29. The van der Waals surface area contributed by atoms with Crippen molar-refractivity contribution in [2.24, 2.45) is 0 Å². The van der Waals surface area contributed by atoms with Crippen molar-refractivity contribution in [2.45, 2.75) is 24.8 Å². The van der Waals surface area contributed by atoms with Gasteiger partial charge >= 0.3 is 0 Å². The maximum absolute atomic E-state index is 5.37. The van der Waals surface area contributed by atoms with Gasteiger partial charge < -0.3 is 9.26 Å². The summed E-state index contributed by atoms with van der Waals surface area (Å²) in [7, 11) is 1.66. The van der Waals surface area contributed by atoms with E-state index in [9.17, 15) is 0 Å². The average molecular weight is 341 g/mol. The van der Waals surface area contributed by atoms with Gasteiger partial charge in [0.1, 0.15) is 5.75 Å². The van der Waals surface area contributed by atoms with Crippen LogP contribution < -0.4 is 4.74 Å². The molecule has 0 aliphatic heterocycles. The van der Waals surface area contributed by atoms with Crippen LogP contribution in [0.15, 0.2) is 33.9 Å². The average Bonchev–Trinajstić information content (AvgIpc) is 3.18. The Morgan fingerprint density at radius 1 is 1.21 bits per heavy atom. The van der Waals surface area contributed by atoms with Crippen molar-refractivity contribution in [1.82, 2.24) is 24.7 Å². The van der Waals surface area contributed by atoms with E-state index in [0.29, 0.717) is 17.5 Å². The molecular weight excluding hydrogens is 326 g/mol. The number of aryl methyl sites for hydroxylation is 2. The van der Waals surface area contributed by atoms with Crippen LogP contribution in [0.4, 0.5) is 0 Å². The van der Waals surface area contributed by atoms with E-state index in [1.54, 1.807) is 14.0 Å². The van der Waals surface area contributed by atoms with Gasteiger partial charge in [-0.25, -0.2) is 0 Å². The Hall–Kier alpha value is -2.61. The Labute approximate surface area is 142 Å². The molecule has 8 heteroatoms. The Morgan fingerprint density at radius 2 is 2.08 bits per heavy atom. The maximum atomic E-state index is 5.37. The summed E-state index contributed by atoms with van der Waals surface area (Å²) >= 11 is 1.51. The first kappa shape index (κ1) is 14.9. The van der Waals surface area contributed by atoms with Gasteiger partial charge in [0, 0.05) is 11.5 Å². The predicted molar refractivity (Wildman–Crippen MR) is 90.4 cm³/mol. The van der Waals surface area contributed by atoms with E-state index in [1.807, 2.05) is 22.6 Å². The molecular formula is C16H15N5O2S. The number of thioether (sulfide) groups is 1. The second kappa shape index (κ2) is 5.79. The first-order chi connectivity index (χ1) is 11.7. The van der Waals surface area contributed by atoms with E-state index >= 15 is 0 Å². The molecule has 3 heterocycles. The fourth-order valence-electron chi connectivity index (χ4n) is 2.65. The normalized spacial score (nSPS) is 11.5. The van der Waals surface area contributed by atoms with Crippen LogP contribution in [-0.4, -0.2) is 31.8 Å². The summed E-state index contributed by atoms with van der Waals surface area (Å²) in [5, 5.41) is 14.3. The van der Waals surface area contributed by atoms with Crippen LogP contribution in [0.25, 0.3) is 16.6 Å². The third-order valence-corrected chi connectivity index (χ3v) is 4.68. The molecule has 3 aromatic heterocycles. The maximum Gasteiger partial charge on any atom is 0.237 e. The van der Waals surface area contributed by atoms with Crippen molar-refractivity contribution in [1.29, 1.82) is 0 Å². The van der Waals surface area contributed by atoms with E-state index in [1.165, 1.54) is 11.8 Å². The molecule has 0 radical (unpaired) electrons. The van der Waals surface area contributed by atoms with Gasteiger partial charge in [0.2, 0.25) is 5.89 Å². The largest absolute Gasteiger partial charge is 0.497 e. The molecule has 0 amide bonds. The number of hydrogen-bond donors (Lipinski definition) is 0. The first-order valence-electron chi connectivity index (χ1n) is 7.40. The summed E-state index contributed by atoms with van der Waals surface area (Å²) in [5.41, 5.74) is 2.97. The fraction of sp³-hybridized carbons (Fsp3) is 0.250. The molecule has 0 N–H and O–H groups in total. The standard InChI is InChI=1S/C16H15N5O2S/c1-9-6-14-18-19-16(24-8-15-17-10(2)20-23-15)21(14)13-7-11(22-3)4-5-12(9)13/h4-7H,8H2,1-3H3. The SMILES string of the molecule is COc1ccc2c(C)cc3nnc(SCc4nc(C)no4)n3c2c1. The summed E-state index contributed by atoms with van der Waals surface area (Å²) < 4.78 is 12.6. The lowest BCUT2D eigenvalue weighted by molar-refractivity contribution is 0.387. The lowest BCUT2D eigenvalue weighted by Crippen LogP contribution is -1.95. The molecule has 0 aliphatic carbocycles. The molecule has 0 spiro atoms. The summed E-state index contributed by atoms with van der Waals surface area (Å²) in [5.74, 6) is 2.54. The second-order valence-corrected chi connectivity index (χ2v) is 6.35. The van der Waals surface area contributed by atoms with Gasteiger partial charge in [-0.05, 0) is 37.6 Å². The molecule has 0 saturated carbocycles. The summed E-state index contributed by atoms with van der Waals surface area (Å²) in [6.07, 6.45) is 0. The minimum absolute atomic E-state index is 0.543. The lowest BCUT2D eigenvalue weighted by atomic mass is 10.1. The van der Waals surface area contributed by atoms with Crippen molar-refractivity contribution in [3.63, 3.8) is 0 Å². The van der Waals surface area contributed by atoms with Crippen molar-refractivity contribution in [3.8, 4) is 5.75 Å². The van der Waals surface area contributed by atoms with Gasteiger partial charge in [0.25, 0.3) is 0 Å². The van der Waals surface area contributed by atoms with Crippen LogP contribution in [0.5, 0.6) is 5.75 Å². The number of fused-ring (bicyclic) bond motifs is 3. The molecule has 4 aromatic rings. The summed E-state index contributed by atoms with van der Waals surface area (Å²) in [4.78, 5) is 4.22. The van der Waals surface area contributed by atoms with E-state index in [4.69, 9.17) is 9.26 Å². The minimum Gasteiger partial charge on any atom is -0.497 e. The summed E-state index contributed by atoms with van der Waals surface area (Å²) in [6.45, 7) is 3.87. The smallest absolute Gasteiger partial charge is 0.237 e. The van der Waals surface area contributed by atoms with E-state index in [-0.39, 0.29) is 0 Å².